The van der Waals surface area contributed by atoms with E-state index in [1.165, 1.54) is 6.07 Å². The van der Waals surface area contributed by atoms with Gasteiger partial charge in [0.05, 0.1) is 16.2 Å². The van der Waals surface area contributed by atoms with E-state index in [9.17, 15) is 26.4 Å². The van der Waals surface area contributed by atoms with Gasteiger partial charge in [-0.25, -0.2) is 13.2 Å². The number of halogens is 4. The predicted molar refractivity (Wildman–Crippen MR) is 68.4 cm³/mol. The minimum Gasteiger partial charge on any atom is -0.478 e. The first kappa shape index (κ1) is 17.0. The van der Waals surface area contributed by atoms with Crippen LogP contribution in [0.5, 0.6) is 0 Å². The van der Waals surface area contributed by atoms with Crippen LogP contribution >= 0.6 is 15.9 Å². The van der Waals surface area contributed by atoms with E-state index in [0.717, 1.165) is 12.1 Å². The van der Waals surface area contributed by atoms with Gasteiger partial charge in [-0.1, -0.05) is 15.9 Å². The van der Waals surface area contributed by atoms with Gasteiger partial charge in [-0.2, -0.15) is 13.2 Å². The van der Waals surface area contributed by atoms with E-state index in [0.29, 0.717) is 4.47 Å². The van der Waals surface area contributed by atoms with E-state index >= 15 is 0 Å². The highest BCUT2D eigenvalue weighted by Crippen LogP contribution is 2.26. The van der Waals surface area contributed by atoms with Crippen LogP contribution in [0.1, 0.15) is 23.2 Å². The number of hydrogen-bond acceptors (Lipinski definition) is 3. The fourth-order valence-corrected chi connectivity index (χ4v) is 3.56. The second kappa shape index (κ2) is 6.13. The van der Waals surface area contributed by atoms with E-state index < -0.39 is 51.0 Å². The van der Waals surface area contributed by atoms with Crippen molar-refractivity contribution in [3.05, 3.63) is 28.2 Å². The zero-order chi connectivity index (χ0) is 15.6. The number of hydrogen-bond donors (Lipinski definition) is 1. The van der Waals surface area contributed by atoms with E-state index in [1.54, 1.807) is 0 Å². The number of sulfone groups is 1. The van der Waals surface area contributed by atoms with Crippen molar-refractivity contribution in [2.75, 3.05) is 5.75 Å². The zero-order valence-electron chi connectivity index (χ0n) is 9.95. The van der Waals surface area contributed by atoms with Crippen LogP contribution in [0.2, 0.25) is 0 Å². The molecule has 0 unspecified atom stereocenters. The molecule has 112 valence electrons. The molecular formula is C11H10BrF3O4S. The molecule has 1 rings (SSSR count). The summed E-state index contributed by atoms with van der Waals surface area (Å²) >= 11 is 3.00. The maximum absolute atomic E-state index is 12.0. The summed E-state index contributed by atoms with van der Waals surface area (Å²) in [5, 5.41) is 8.91. The minimum absolute atomic E-state index is 0.330. The van der Waals surface area contributed by atoms with Gasteiger partial charge in [-0.05, 0) is 24.6 Å². The first-order valence-corrected chi connectivity index (χ1v) is 7.80. The summed E-state index contributed by atoms with van der Waals surface area (Å²) in [6.45, 7) is 0. The average molecular weight is 375 g/mol. The Hall–Kier alpha value is -1.09. The molecule has 0 aromatic heterocycles. The molecule has 20 heavy (non-hydrogen) atoms. The zero-order valence-corrected chi connectivity index (χ0v) is 12.3. The summed E-state index contributed by atoms with van der Waals surface area (Å²) in [6.07, 6.45) is -6.29. The maximum atomic E-state index is 12.0. The third kappa shape index (κ3) is 4.78. The van der Waals surface area contributed by atoms with Crippen molar-refractivity contribution in [2.24, 2.45) is 0 Å². The largest absolute Gasteiger partial charge is 0.478 e. The van der Waals surface area contributed by atoms with Gasteiger partial charge in [-0.3, -0.25) is 0 Å². The van der Waals surface area contributed by atoms with Gasteiger partial charge in [0, 0.05) is 10.9 Å². The lowest BCUT2D eigenvalue weighted by atomic mass is 10.2. The van der Waals surface area contributed by atoms with Gasteiger partial charge in [0.25, 0.3) is 0 Å². The predicted octanol–water partition coefficient (Wildman–Crippen LogP) is 3.26. The lowest BCUT2D eigenvalue weighted by Gasteiger charge is -2.09. The molecule has 0 atom stereocenters. The highest BCUT2D eigenvalue weighted by Gasteiger charge is 2.29. The van der Waals surface area contributed by atoms with Gasteiger partial charge in [0.15, 0.2) is 9.84 Å². The molecule has 0 aliphatic rings. The Labute approximate surface area is 121 Å². The smallest absolute Gasteiger partial charge is 0.389 e. The van der Waals surface area contributed by atoms with Crippen LogP contribution in [0.15, 0.2) is 27.6 Å². The van der Waals surface area contributed by atoms with Gasteiger partial charge in [0.1, 0.15) is 0 Å². The molecule has 0 radical (unpaired) electrons. The Morgan fingerprint density at radius 2 is 1.90 bits per heavy atom. The van der Waals surface area contributed by atoms with E-state index in [1.807, 2.05) is 0 Å². The van der Waals surface area contributed by atoms with E-state index in [-0.39, 0.29) is 0 Å². The van der Waals surface area contributed by atoms with Crippen LogP contribution in [-0.2, 0) is 9.84 Å². The number of aromatic carboxylic acids is 1. The first-order valence-electron chi connectivity index (χ1n) is 5.35. The number of alkyl halides is 3. The van der Waals surface area contributed by atoms with Crippen LogP contribution < -0.4 is 0 Å². The number of carbonyl (C=O) groups is 1. The summed E-state index contributed by atoms with van der Waals surface area (Å²) in [4.78, 5) is 10.5. The fraction of sp³-hybridized carbons (Fsp3) is 0.364. The van der Waals surface area contributed by atoms with Gasteiger partial charge in [0.2, 0.25) is 0 Å². The van der Waals surface area contributed by atoms with Crippen molar-refractivity contribution in [2.45, 2.75) is 23.9 Å². The number of rotatable bonds is 5. The van der Waals surface area contributed by atoms with Crippen LogP contribution in [-0.4, -0.2) is 31.4 Å². The topological polar surface area (TPSA) is 71.4 Å². The quantitative estimate of drug-likeness (QED) is 0.858. The summed E-state index contributed by atoms with van der Waals surface area (Å²) in [6, 6.07) is 3.51. The van der Waals surface area contributed by atoms with Crippen molar-refractivity contribution in [3.8, 4) is 0 Å². The first-order chi connectivity index (χ1) is 9.03. The molecule has 0 aliphatic heterocycles. The van der Waals surface area contributed by atoms with Gasteiger partial charge in [-0.15, -0.1) is 0 Å². The van der Waals surface area contributed by atoms with E-state index in [2.05, 4.69) is 15.9 Å². The molecule has 0 fully saturated rings. The number of carboxylic acid groups (broad SMARTS) is 1. The molecule has 9 heteroatoms. The summed E-state index contributed by atoms with van der Waals surface area (Å²) < 4.78 is 60.2. The molecule has 1 aromatic carbocycles. The highest BCUT2D eigenvalue weighted by molar-refractivity contribution is 9.10. The van der Waals surface area contributed by atoms with Crippen molar-refractivity contribution in [1.82, 2.24) is 0 Å². The summed E-state index contributed by atoms with van der Waals surface area (Å²) in [7, 11) is -4.09. The molecule has 0 saturated carbocycles. The molecular weight excluding hydrogens is 365 g/mol. The summed E-state index contributed by atoms with van der Waals surface area (Å²) in [5.74, 6) is -2.21. The Bertz CT molecular complexity index is 611. The van der Waals surface area contributed by atoms with Crippen molar-refractivity contribution >= 4 is 31.7 Å². The Morgan fingerprint density at radius 3 is 2.40 bits per heavy atom. The molecule has 4 nitrogen and oxygen atoms in total. The second-order valence-corrected chi connectivity index (χ2v) is 6.98. The fourth-order valence-electron chi connectivity index (χ4n) is 1.50. The molecule has 0 bridgehead atoms. The van der Waals surface area contributed by atoms with Crippen molar-refractivity contribution < 1.29 is 31.5 Å². The standard InChI is InChI=1S/C11H10BrF3O4S/c12-7-2-3-8(10(16)17)9(6-7)20(18,19)5-1-4-11(13,14)15/h2-3,6H,1,4-5H2,(H,16,17). The molecule has 0 saturated heterocycles. The number of benzene rings is 1. The average Bonchev–Trinajstić information content (AvgIpc) is 2.26. The lowest BCUT2D eigenvalue weighted by Crippen LogP contribution is -2.15. The third-order valence-corrected chi connectivity index (χ3v) is 4.71. The molecule has 0 spiro atoms. The molecule has 0 amide bonds. The van der Waals surface area contributed by atoms with Crippen LogP contribution in [0.4, 0.5) is 13.2 Å². The van der Waals surface area contributed by atoms with Crippen LogP contribution in [0.3, 0.4) is 0 Å². The maximum Gasteiger partial charge on any atom is 0.389 e. The Morgan fingerprint density at radius 1 is 1.30 bits per heavy atom. The normalized spacial score (nSPS) is 12.4. The Kier molecular flexibility index (Phi) is 5.20. The number of carboxylic acids is 1. The van der Waals surface area contributed by atoms with Gasteiger partial charge >= 0.3 is 12.1 Å². The van der Waals surface area contributed by atoms with Crippen molar-refractivity contribution in [3.63, 3.8) is 0 Å². The lowest BCUT2D eigenvalue weighted by molar-refractivity contribution is -0.134. The summed E-state index contributed by atoms with van der Waals surface area (Å²) in [5.41, 5.74) is -0.458. The monoisotopic (exact) mass is 374 g/mol. The third-order valence-electron chi connectivity index (χ3n) is 2.38. The van der Waals surface area contributed by atoms with Crippen LogP contribution in [0, 0.1) is 0 Å². The van der Waals surface area contributed by atoms with Crippen molar-refractivity contribution in [1.29, 1.82) is 0 Å². The molecule has 1 N–H and O–H groups in total. The Balaban J connectivity index is 3.03. The SMILES string of the molecule is O=C(O)c1ccc(Br)cc1S(=O)(=O)CCCC(F)(F)F. The molecule has 0 aliphatic carbocycles. The molecule has 1 aromatic rings. The second-order valence-electron chi connectivity index (χ2n) is 3.98. The van der Waals surface area contributed by atoms with Crippen LogP contribution in [0.25, 0.3) is 0 Å². The highest BCUT2D eigenvalue weighted by atomic mass is 79.9. The van der Waals surface area contributed by atoms with Gasteiger partial charge < -0.3 is 5.11 Å². The van der Waals surface area contributed by atoms with E-state index in [4.69, 9.17) is 5.11 Å². The minimum atomic E-state index is -4.44. The molecule has 0 heterocycles.